The number of hydrogen-bond donors (Lipinski definition) is 3. The molecule has 1 aromatic rings. The molecular formula is C14H24N4O2S. The second-order valence-electron chi connectivity index (χ2n) is 6.31. The first-order chi connectivity index (χ1) is 9.85. The van der Waals surface area contributed by atoms with Crippen molar-refractivity contribution in [2.75, 3.05) is 24.2 Å². The monoisotopic (exact) mass is 312 g/mol. The van der Waals surface area contributed by atoms with Gasteiger partial charge in [0.05, 0.1) is 6.10 Å². The molecule has 1 atom stereocenters. The van der Waals surface area contributed by atoms with Gasteiger partial charge in [-0.05, 0) is 40.0 Å². The van der Waals surface area contributed by atoms with E-state index in [-0.39, 0.29) is 23.4 Å². The third kappa shape index (κ3) is 4.86. The number of hydrogen-bond acceptors (Lipinski definition) is 6. The molecule has 0 aromatic carbocycles. The lowest BCUT2D eigenvalue weighted by atomic mass is 10.1. The number of nitrogens with two attached hydrogens (primary N) is 1. The van der Waals surface area contributed by atoms with Gasteiger partial charge in [-0.25, -0.2) is 4.98 Å². The molecule has 4 N–H and O–H groups in total. The molecule has 1 aromatic heterocycles. The number of thiazole rings is 1. The number of carbonyl (C=O) groups excluding carboxylic acids is 1. The van der Waals surface area contributed by atoms with Crippen molar-refractivity contribution in [3.05, 3.63) is 4.88 Å². The van der Waals surface area contributed by atoms with E-state index in [0.29, 0.717) is 16.6 Å². The van der Waals surface area contributed by atoms with Gasteiger partial charge in [-0.3, -0.25) is 4.79 Å². The summed E-state index contributed by atoms with van der Waals surface area (Å²) in [6.07, 6.45) is 3.37. The Balaban J connectivity index is 1.92. The lowest BCUT2D eigenvalue weighted by Crippen LogP contribution is -2.35. The van der Waals surface area contributed by atoms with Gasteiger partial charge in [0.25, 0.3) is 5.91 Å². The molecule has 6 nitrogen and oxygen atoms in total. The van der Waals surface area contributed by atoms with Crippen LogP contribution in [0.25, 0.3) is 0 Å². The summed E-state index contributed by atoms with van der Waals surface area (Å²) in [4.78, 5) is 16.8. The summed E-state index contributed by atoms with van der Waals surface area (Å²) in [7, 11) is 0. The molecule has 1 aliphatic rings. The highest BCUT2D eigenvalue weighted by atomic mass is 32.1. The highest BCUT2D eigenvalue weighted by Gasteiger charge is 2.20. The summed E-state index contributed by atoms with van der Waals surface area (Å²) in [6, 6.07) is 0. The quantitative estimate of drug-likeness (QED) is 0.793. The molecule has 1 amide bonds. The standard InChI is InChI=1S/C14H24N4O2S/c1-14(2,3)18-13-17-11(15)10(21-13)12(19)16-8-9-6-4-5-7-20-9/h9H,4-8,15H2,1-3H3,(H,16,19)(H,17,18). The van der Waals surface area contributed by atoms with E-state index in [9.17, 15) is 4.79 Å². The van der Waals surface area contributed by atoms with Gasteiger partial charge in [-0.15, -0.1) is 0 Å². The first-order valence-corrected chi connectivity index (χ1v) is 8.11. The molecule has 2 heterocycles. The number of amides is 1. The maximum Gasteiger partial charge on any atom is 0.265 e. The minimum absolute atomic E-state index is 0.115. The van der Waals surface area contributed by atoms with E-state index in [4.69, 9.17) is 10.5 Å². The Kier molecular flexibility index (Phi) is 5.05. The Bertz CT molecular complexity index is 490. The molecule has 0 radical (unpaired) electrons. The van der Waals surface area contributed by atoms with E-state index in [1.165, 1.54) is 11.3 Å². The van der Waals surface area contributed by atoms with Gasteiger partial charge < -0.3 is 21.1 Å². The zero-order chi connectivity index (χ0) is 15.5. The molecular weight excluding hydrogens is 288 g/mol. The molecule has 0 bridgehead atoms. The Morgan fingerprint density at radius 1 is 1.48 bits per heavy atom. The number of nitrogen functional groups attached to an aromatic ring is 1. The van der Waals surface area contributed by atoms with Gasteiger partial charge >= 0.3 is 0 Å². The minimum atomic E-state index is -0.180. The van der Waals surface area contributed by atoms with Crippen molar-refractivity contribution in [1.29, 1.82) is 0 Å². The highest BCUT2D eigenvalue weighted by molar-refractivity contribution is 7.18. The summed E-state index contributed by atoms with van der Waals surface area (Å²) in [6.45, 7) is 7.40. The van der Waals surface area contributed by atoms with Crippen LogP contribution in [0.15, 0.2) is 0 Å². The number of rotatable bonds is 4. The number of carbonyl (C=O) groups is 1. The predicted molar refractivity (Wildman–Crippen MR) is 85.8 cm³/mol. The van der Waals surface area contributed by atoms with Crippen molar-refractivity contribution in [1.82, 2.24) is 10.3 Å². The summed E-state index contributed by atoms with van der Waals surface area (Å²) < 4.78 is 5.59. The fraction of sp³-hybridized carbons (Fsp3) is 0.714. The molecule has 1 unspecified atom stereocenters. The maximum atomic E-state index is 12.2. The van der Waals surface area contributed by atoms with Crippen LogP contribution in [0.1, 0.15) is 49.7 Å². The number of nitrogens with zero attached hydrogens (tertiary/aromatic N) is 1. The summed E-state index contributed by atoms with van der Waals surface area (Å²) in [5.74, 6) is 0.0925. The van der Waals surface area contributed by atoms with Gasteiger partial charge in [0.2, 0.25) is 0 Å². The molecule has 0 spiro atoms. The van der Waals surface area contributed by atoms with Crippen molar-refractivity contribution in [2.24, 2.45) is 0 Å². The number of ether oxygens (including phenoxy) is 1. The van der Waals surface area contributed by atoms with Crippen LogP contribution in [-0.2, 0) is 4.74 Å². The molecule has 118 valence electrons. The van der Waals surface area contributed by atoms with Crippen LogP contribution in [0.3, 0.4) is 0 Å². The molecule has 0 saturated carbocycles. The SMILES string of the molecule is CC(C)(C)Nc1nc(N)c(C(=O)NCC2CCCCO2)s1. The van der Waals surface area contributed by atoms with Gasteiger partial charge in [-0.2, -0.15) is 0 Å². The average Bonchev–Trinajstić information content (AvgIpc) is 2.76. The van der Waals surface area contributed by atoms with Crippen molar-refractivity contribution >= 4 is 28.2 Å². The lowest BCUT2D eigenvalue weighted by molar-refractivity contribution is 0.0169. The zero-order valence-corrected chi connectivity index (χ0v) is 13.7. The Morgan fingerprint density at radius 2 is 2.24 bits per heavy atom. The number of nitrogens with one attached hydrogen (secondary N) is 2. The minimum Gasteiger partial charge on any atom is -0.382 e. The van der Waals surface area contributed by atoms with Crippen LogP contribution in [0.4, 0.5) is 10.9 Å². The van der Waals surface area contributed by atoms with Crippen LogP contribution >= 0.6 is 11.3 Å². The molecule has 7 heteroatoms. The number of aromatic nitrogens is 1. The van der Waals surface area contributed by atoms with Gasteiger partial charge in [0.1, 0.15) is 10.7 Å². The van der Waals surface area contributed by atoms with E-state index >= 15 is 0 Å². The molecule has 21 heavy (non-hydrogen) atoms. The molecule has 1 saturated heterocycles. The van der Waals surface area contributed by atoms with Crippen molar-refractivity contribution in [3.63, 3.8) is 0 Å². The lowest BCUT2D eigenvalue weighted by Gasteiger charge is -2.22. The van der Waals surface area contributed by atoms with Crippen molar-refractivity contribution in [3.8, 4) is 0 Å². The highest BCUT2D eigenvalue weighted by Crippen LogP contribution is 2.27. The van der Waals surface area contributed by atoms with Crippen LogP contribution in [0, 0.1) is 0 Å². The summed E-state index contributed by atoms with van der Waals surface area (Å²) in [5, 5.41) is 6.78. The van der Waals surface area contributed by atoms with Crippen LogP contribution in [0.2, 0.25) is 0 Å². The fourth-order valence-electron chi connectivity index (χ4n) is 2.12. The molecule has 1 aliphatic heterocycles. The van der Waals surface area contributed by atoms with E-state index in [1.807, 2.05) is 20.8 Å². The largest absolute Gasteiger partial charge is 0.382 e. The Hall–Kier alpha value is -1.34. The Labute approximate surface area is 129 Å². The zero-order valence-electron chi connectivity index (χ0n) is 12.9. The van der Waals surface area contributed by atoms with E-state index in [2.05, 4.69) is 15.6 Å². The third-order valence-electron chi connectivity index (χ3n) is 3.11. The second kappa shape index (κ2) is 6.62. The smallest absolute Gasteiger partial charge is 0.265 e. The molecule has 0 aliphatic carbocycles. The first kappa shape index (κ1) is 16.0. The van der Waals surface area contributed by atoms with Crippen molar-refractivity contribution < 1.29 is 9.53 Å². The fourth-order valence-corrected chi connectivity index (χ4v) is 3.13. The normalized spacial score (nSPS) is 19.3. The van der Waals surface area contributed by atoms with Gasteiger partial charge in [-0.1, -0.05) is 11.3 Å². The van der Waals surface area contributed by atoms with Crippen molar-refractivity contribution in [2.45, 2.75) is 51.7 Å². The number of anilines is 2. The summed E-state index contributed by atoms with van der Waals surface area (Å²) in [5.41, 5.74) is 5.72. The van der Waals surface area contributed by atoms with Crippen LogP contribution < -0.4 is 16.4 Å². The van der Waals surface area contributed by atoms with Gasteiger partial charge in [0.15, 0.2) is 5.13 Å². The summed E-state index contributed by atoms with van der Waals surface area (Å²) >= 11 is 1.28. The Morgan fingerprint density at radius 3 is 2.86 bits per heavy atom. The van der Waals surface area contributed by atoms with Crippen LogP contribution in [0.5, 0.6) is 0 Å². The van der Waals surface area contributed by atoms with Gasteiger partial charge in [0, 0.05) is 18.7 Å². The predicted octanol–water partition coefficient (Wildman–Crippen LogP) is 2.23. The van der Waals surface area contributed by atoms with E-state index in [1.54, 1.807) is 0 Å². The molecule has 2 rings (SSSR count). The maximum absolute atomic E-state index is 12.2. The van der Waals surface area contributed by atoms with Crippen LogP contribution in [-0.4, -0.2) is 35.7 Å². The third-order valence-corrected chi connectivity index (χ3v) is 4.09. The second-order valence-corrected chi connectivity index (χ2v) is 7.31. The topological polar surface area (TPSA) is 89.3 Å². The van der Waals surface area contributed by atoms with E-state index in [0.717, 1.165) is 25.9 Å². The van der Waals surface area contributed by atoms with E-state index < -0.39 is 0 Å². The first-order valence-electron chi connectivity index (χ1n) is 7.29. The average molecular weight is 312 g/mol. The molecule has 1 fully saturated rings.